The van der Waals surface area contributed by atoms with Gasteiger partial charge in [-0.15, -0.1) is 0 Å². The van der Waals surface area contributed by atoms with Crippen LogP contribution in [0.15, 0.2) is 30.6 Å². The second-order valence-corrected chi connectivity index (χ2v) is 5.71. The summed E-state index contributed by atoms with van der Waals surface area (Å²) in [6, 6.07) is 6.13. The zero-order valence-electron chi connectivity index (χ0n) is 13.9. The normalized spacial score (nSPS) is 12.3. The van der Waals surface area contributed by atoms with Gasteiger partial charge in [-0.05, 0) is 33.2 Å². The monoisotopic (exact) mass is 300 g/mol. The van der Waals surface area contributed by atoms with Crippen molar-refractivity contribution in [2.45, 2.75) is 13.0 Å². The standard InChI is InChI=1S/C16H24N6/c1-12-10-18-16(20-15(12)22(4)5)19-11-14(21(2)3)13-8-6-7-9-17-13/h6-10,14H,11H2,1-5H3,(H,18,19,20)/t14-/m1/s1. The fourth-order valence-corrected chi connectivity index (χ4v) is 2.28. The quantitative estimate of drug-likeness (QED) is 0.880. The van der Waals surface area contributed by atoms with E-state index in [2.05, 4.69) is 25.2 Å². The summed E-state index contributed by atoms with van der Waals surface area (Å²) in [6.45, 7) is 2.70. The van der Waals surface area contributed by atoms with Crippen LogP contribution in [0, 0.1) is 6.92 Å². The minimum absolute atomic E-state index is 0.161. The van der Waals surface area contributed by atoms with Gasteiger partial charge in [0.1, 0.15) is 5.82 Å². The van der Waals surface area contributed by atoms with Gasteiger partial charge in [-0.3, -0.25) is 9.88 Å². The van der Waals surface area contributed by atoms with Gasteiger partial charge in [0.2, 0.25) is 5.95 Å². The van der Waals surface area contributed by atoms with E-state index in [1.807, 2.05) is 70.6 Å². The van der Waals surface area contributed by atoms with Crippen LogP contribution in [0.3, 0.4) is 0 Å². The van der Waals surface area contributed by atoms with Gasteiger partial charge < -0.3 is 10.2 Å². The highest BCUT2D eigenvalue weighted by Gasteiger charge is 2.16. The summed E-state index contributed by atoms with van der Waals surface area (Å²) in [5.74, 6) is 1.56. The van der Waals surface area contributed by atoms with Gasteiger partial charge >= 0.3 is 0 Å². The number of pyridine rings is 1. The lowest BCUT2D eigenvalue weighted by atomic mass is 10.1. The average Bonchev–Trinajstić information content (AvgIpc) is 2.49. The highest BCUT2D eigenvalue weighted by atomic mass is 15.2. The zero-order valence-corrected chi connectivity index (χ0v) is 13.9. The van der Waals surface area contributed by atoms with E-state index in [1.54, 1.807) is 0 Å². The predicted molar refractivity (Wildman–Crippen MR) is 90.3 cm³/mol. The predicted octanol–water partition coefficient (Wildman–Crippen LogP) is 1.96. The summed E-state index contributed by atoms with van der Waals surface area (Å²) >= 11 is 0. The maximum Gasteiger partial charge on any atom is 0.224 e. The summed E-state index contributed by atoms with van der Waals surface area (Å²) in [7, 11) is 8.05. The van der Waals surface area contributed by atoms with Crippen molar-refractivity contribution in [2.75, 3.05) is 45.0 Å². The number of nitrogens with one attached hydrogen (secondary N) is 1. The third-order valence-electron chi connectivity index (χ3n) is 3.47. The van der Waals surface area contributed by atoms with E-state index < -0.39 is 0 Å². The van der Waals surface area contributed by atoms with E-state index in [0.717, 1.165) is 17.1 Å². The van der Waals surface area contributed by atoms with E-state index in [1.165, 1.54) is 0 Å². The molecule has 1 N–H and O–H groups in total. The van der Waals surface area contributed by atoms with Crippen molar-refractivity contribution in [3.63, 3.8) is 0 Å². The summed E-state index contributed by atoms with van der Waals surface area (Å²) < 4.78 is 0. The molecule has 22 heavy (non-hydrogen) atoms. The van der Waals surface area contributed by atoms with Gasteiger partial charge in [0, 0.05) is 38.6 Å². The number of hydrogen-bond acceptors (Lipinski definition) is 6. The molecule has 0 saturated heterocycles. The largest absolute Gasteiger partial charge is 0.362 e. The fraction of sp³-hybridized carbons (Fsp3) is 0.438. The Kier molecular flexibility index (Phi) is 5.27. The Morgan fingerprint density at radius 3 is 2.50 bits per heavy atom. The Morgan fingerprint density at radius 2 is 1.91 bits per heavy atom. The third kappa shape index (κ3) is 3.92. The molecule has 0 fully saturated rings. The highest BCUT2D eigenvalue weighted by Crippen LogP contribution is 2.18. The lowest BCUT2D eigenvalue weighted by molar-refractivity contribution is 0.305. The molecule has 0 aliphatic heterocycles. The Hall–Kier alpha value is -2.21. The third-order valence-corrected chi connectivity index (χ3v) is 3.47. The second-order valence-electron chi connectivity index (χ2n) is 5.71. The first-order valence-electron chi connectivity index (χ1n) is 7.31. The minimum Gasteiger partial charge on any atom is -0.362 e. The lowest BCUT2D eigenvalue weighted by Gasteiger charge is -2.24. The molecule has 6 heteroatoms. The molecule has 0 amide bonds. The van der Waals surface area contributed by atoms with E-state index in [0.29, 0.717) is 12.5 Å². The molecule has 0 aliphatic carbocycles. The second kappa shape index (κ2) is 7.17. The zero-order chi connectivity index (χ0) is 16.1. The number of nitrogens with zero attached hydrogens (tertiary/aromatic N) is 5. The lowest BCUT2D eigenvalue weighted by Crippen LogP contribution is -2.28. The summed E-state index contributed by atoms with van der Waals surface area (Å²) in [4.78, 5) is 17.5. The summed E-state index contributed by atoms with van der Waals surface area (Å²) in [6.07, 6.45) is 3.66. The van der Waals surface area contributed by atoms with E-state index in [4.69, 9.17) is 0 Å². The van der Waals surface area contributed by atoms with Crippen LogP contribution in [0.5, 0.6) is 0 Å². The van der Waals surface area contributed by atoms with Crippen LogP contribution in [0.4, 0.5) is 11.8 Å². The van der Waals surface area contributed by atoms with Crippen LogP contribution in [0.2, 0.25) is 0 Å². The molecular weight excluding hydrogens is 276 g/mol. The van der Waals surface area contributed by atoms with E-state index >= 15 is 0 Å². The van der Waals surface area contributed by atoms with Gasteiger partial charge in [0.15, 0.2) is 0 Å². The van der Waals surface area contributed by atoms with Gasteiger partial charge in [0.25, 0.3) is 0 Å². The molecule has 2 aromatic rings. The van der Waals surface area contributed by atoms with Gasteiger partial charge in [-0.25, -0.2) is 4.98 Å². The van der Waals surface area contributed by atoms with Crippen LogP contribution < -0.4 is 10.2 Å². The van der Waals surface area contributed by atoms with Crippen molar-refractivity contribution in [1.82, 2.24) is 19.9 Å². The Balaban J connectivity index is 2.12. The van der Waals surface area contributed by atoms with Crippen LogP contribution >= 0.6 is 0 Å². The molecule has 2 rings (SSSR count). The van der Waals surface area contributed by atoms with Crippen LogP contribution in [0.25, 0.3) is 0 Å². The summed E-state index contributed by atoms with van der Waals surface area (Å²) in [5, 5.41) is 3.32. The molecule has 0 aliphatic rings. The SMILES string of the molecule is Cc1cnc(NC[C@H](c2ccccn2)N(C)C)nc1N(C)C. The number of anilines is 2. The molecule has 0 aromatic carbocycles. The maximum absolute atomic E-state index is 4.56. The first-order chi connectivity index (χ1) is 10.5. The molecule has 6 nitrogen and oxygen atoms in total. The summed E-state index contributed by atoms with van der Waals surface area (Å²) in [5.41, 5.74) is 2.09. The van der Waals surface area contributed by atoms with Crippen molar-refractivity contribution in [2.24, 2.45) is 0 Å². The smallest absolute Gasteiger partial charge is 0.224 e. The highest BCUT2D eigenvalue weighted by molar-refractivity contribution is 5.47. The van der Waals surface area contributed by atoms with Gasteiger partial charge in [-0.2, -0.15) is 4.98 Å². The molecule has 0 saturated carbocycles. The first kappa shape index (κ1) is 16.2. The number of likely N-dealkylation sites (N-methyl/N-ethyl adjacent to an activating group) is 1. The van der Waals surface area contributed by atoms with E-state index in [9.17, 15) is 0 Å². The van der Waals surface area contributed by atoms with Crippen molar-refractivity contribution in [1.29, 1.82) is 0 Å². The minimum atomic E-state index is 0.161. The number of aromatic nitrogens is 3. The number of rotatable bonds is 6. The molecule has 1 atom stereocenters. The van der Waals surface area contributed by atoms with Crippen molar-refractivity contribution in [3.8, 4) is 0 Å². The van der Waals surface area contributed by atoms with Crippen LogP contribution in [-0.4, -0.2) is 54.6 Å². The molecule has 0 bridgehead atoms. The van der Waals surface area contributed by atoms with Crippen molar-refractivity contribution >= 4 is 11.8 Å². The average molecular weight is 300 g/mol. The molecule has 118 valence electrons. The van der Waals surface area contributed by atoms with E-state index in [-0.39, 0.29) is 6.04 Å². The molecule has 0 unspecified atom stereocenters. The fourth-order valence-electron chi connectivity index (χ4n) is 2.28. The maximum atomic E-state index is 4.56. The Labute approximate surface area is 132 Å². The van der Waals surface area contributed by atoms with Crippen LogP contribution in [0.1, 0.15) is 17.3 Å². The van der Waals surface area contributed by atoms with Crippen molar-refractivity contribution in [3.05, 3.63) is 41.9 Å². The molecule has 0 radical (unpaired) electrons. The Morgan fingerprint density at radius 1 is 1.14 bits per heavy atom. The van der Waals surface area contributed by atoms with Crippen molar-refractivity contribution < 1.29 is 0 Å². The van der Waals surface area contributed by atoms with Gasteiger partial charge in [0.05, 0.1) is 11.7 Å². The topological polar surface area (TPSA) is 57.2 Å². The molecule has 2 heterocycles. The molecule has 0 spiro atoms. The number of aryl methyl sites for hydroxylation is 1. The van der Waals surface area contributed by atoms with Gasteiger partial charge in [-0.1, -0.05) is 6.07 Å². The first-order valence-corrected chi connectivity index (χ1v) is 7.31. The molecule has 2 aromatic heterocycles. The number of hydrogen-bond donors (Lipinski definition) is 1. The molecular formula is C16H24N6. The Bertz CT molecular complexity index is 597. The van der Waals surface area contributed by atoms with Crippen LogP contribution in [-0.2, 0) is 0 Å².